The first kappa shape index (κ1) is 99.2. The zero-order valence-electron chi connectivity index (χ0n) is 67.3. The highest BCUT2D eigenvalue weighted by Gasteiger charge is 2.53. The molecule has 35 nitrogen and oxygen atoms in total. The van der Waals surface area contributed by atoms with Gasteiger partial charge in [-0.2, -0.15) is 0 Å². The Bertz CT molecular complexity index is 3780. The lowest BCUT2D eigenvalue weighted by atomic mass is 9.90. The lowest BCUT2D eigenvalue weighted by Gasteiger charge is -2.43. The van der Waals surface area contributed by atoms with Crippen LogP contribution in [0.4, 0.5) is 0 Å². The second-order valence-corrected chi connectivity index (χ2v) is 28.2. The third kappa shape index (κ3) is 34.5. The number of hydrogen-bond acceptors (Lipinski definition) is 35. The van der Waals surface area contributed by atoms with Crippen LogP contribution in [-0.4, -0.2) is 218 Å². The van der Waals surface area contributed by atoms with Crippen molar-refractivity contribution in [2.45, 2.75) is 220 Å². The number of ether oxygens (including phenoxy) is 19. The minimum atomic E-state index is -1.05. The lowest BCUT2D eigenvalue weighted by Crippen LogP contribution is -2.58. The molecule has 0 aliphatic carbocycles. The van der Waals surface area contributed by atoms with Crippen LogP contribution >= 0.6 is 31.9 Å². The molecule has 117 heavy (non-hydrogen) atoms. The number of alkyl halides is 2. The molecule has 4 saturated heterocycles. The second kappa shape index (κ2) is 49.8. The predicted octanol–water partition coefficient (Wildman–Crippen LogP) is 8.13. The molecule has 0 saturated carbocycles. The van der Waals surface area contributed by atoms with Crippen LogP contribution in [-0.2, 0) is 145 Å². The van der Waals surface area contributed by atoms with Crippen LogP contribution in [0.3, 0.4) is 0 Å². The molecule has 644 valence electrons. The van der Waals surface area contributed by atoms with Crippen molar-refractivity contribution in [2.24, 2.45) is 23.7 Å². The van der Waals surface area contributed by atoms with E-state index in [1.54, 1.807) is 100 Å². The molecule has 0 spiro atoms. The Morgan fingerprint density at radius 1 is 0.333 bits per heavy atom. The number of aromatic hydroxyl groups is 1. The molecule has 20 atom stereocenters. The number of phenolic OH excluding ortho intramolecular Hbond substituents is 1. The zero-order valence-corrected chi connectivity index (χ0v) is 70.5. The van der Waals surface area contributed by atoms with E-state index < -0.39 is 187 Å². The first-order valence-electron chi connectivity index (χ1n) is 36.5. The first-order valence-corrected chi connectivity index (χ1v) is 38.5. The Morgan fingerprint density at radius 3 is 0.812 bits per heavy atom. The van der Waals surface area contributed by atoms with Gasteiger partial charge in [-0.1, -0.05) is 83.8 Å². The van der Waals surface area contributed by atoms with Crippen molar-refractivity contribution in [3.8, 4) is 23.0 Å². The molecule has 37 heteroatoms. The molecule has 0 radical (unpaired) electrons. The fourth-order valence-electron chi connectivity index (χ4n) is 11.8. The first-order chi connectivity index (χ1) is 55.2. The number of carbonyl (C=O) groups is 14. The Morgan fingerprint density at radius 2 is 0.564 bits per heavy atom. The maximum Gasteiger partial charge on any atom is 0.303 e. The monoisotopic (exact) mass is 1780 g/mol. The van der Waals surface area contributed by atoms with E-state index in [0.29, 0.717) is 45.6 Å². The molecule has 4 aliphatic rings. The average molecular weight is 1780 g/mol. The molecule has 4 aromatic carbocycles. The minimum Gasteiger partial charge on any atom is -0.508 e. The predicted molar refractivity (Wildman–Crippen MR) is 410 cm³/mol. The third-order valence-electron chi connectivity index (χ3n) is 17.1. The number of aliphatic hydroxyl groups excluding tert-OH is 1. The van der Waals surface area contributed by atoms with Crippen LogP contribution in [0.25, 0.3) is 0 Å². The number of benzene rings is 4. The fourth-order valence-corrected chi connectivity index (χ4v) is 13.1. The summed E-state index contributed by atoms with van der Waals surface area (Å²) in [6, 6.07) is 26.3. The van der Waals surface area contributed by atoms with Gasteiger partial charge in [0.1, 0.15) is 122 Å². The van der Waals surface area contributed by atoms with Gasteiger partial charge in [-0.15, -0.1) is 0 Å². The molecule has 4 aromatic rings. The molecular weight excluding hydrogens is 1680 g/mol. The van der Waals surface area contributed by atoms with E-state index in [1.165, 1.54) is 95.2 Å². The third-order valence-corrected chi connectivity index (χ3v) is 18.5. The van der Waals surface area contributed by atoms with Crippen molar-refractivity contribution in [3.05, 3.63) is 119 Å². The molecule has 4 fully saturated rings. The van der Waals surface area contributed by atoms with Crippen LogP contribution in [0, 0.1) is 23.7 Å². The van der Waals surface area contributed by atoms with Gasteiger partial charge >= 0.3 is 71.6 Å². The molecule has 4 aliphatic heterocycles. The maximum absolute atomic E-state index is 11.6. The summed E-state index contributed by atoms with van der Waals surface area (Å²) in [6.07, 6.45) is -11.0. The molecule has 0 aromatic heterocycles. The van der Waals surface area contributed by atoms with Crippen LogP contribution in [0.2, 0.25) is 0 Å². The highest BCUT2D eigenvalue weighted by Crippen LogP contribution is 2.38. The SMILES string of the molecule is CC(=O)OCC1O[C@@H](Br)C(OC(C)=O)[C@@H](C)[C@H]1OC(C)=O.CC(=O)OCC1O[C@@H](Oc2ccc(C=O)cc2)C(OC(C)=O)[C@@H](C)[C@H]1OC(C)=O.CC(=O)OCC1O[C@@H](Oc2ccc(CBr)cc2)C(OC(C)=O)[C@@H](C)[C@H]1OC(C)=O.CC(=O)OCC1O[C@@H](Oc2ccc(CO)cc2)C(OC(C)=O)[C@@H](C)[C@H]1OC(C)=O.O=Cc1ccc(O)cc1. The summed E-state index contributed by atoms with van der Waals surface area (Å²) in [7, 11) is 0. The zero-order chi connectivity index (χ0) is 87.5. The van der Waals surface area contributed by atoms with Crippen LogP contribution in [0.15, 0.2) is 97.1 Å². The second-order valence-electron chi connectivity index (χ2n) is 26.7. The van der Waals surface area contributed by atoms with Crippen molar-refractivity contribution < 1.29 is 167 Å². The topological polar surface area (TPSA) is 455 Å². The van der Waals surface area contributed by atoms with Gasteiger partial charge in [0, 0.05) is 123 Å². The normalized spacial score (nSPS) is 26.0. The summed E-state index contributed by atoms with van der Waals surface area (Å²) >= 11 is 6.67. The summed E-state index contributed by atoms with van der Waals surface area (Å²) in [5.41, 5.74) is 2.81. The van der Waals surface area contributed by atoms with Crippen molar-refractivity contribution in [3.63, 3.8) is 0 Å². The molecule has 0 bridgehead atoms. The lowest BCUT2D eigenvalue weighted by molar-refractivity contribution is -0.271. The highest BCUT2D eigenvalue weighted by atomic mass is 79.9. The van der Waals surface area contributed by atoms with Gasteiger partial charge in [0.2, 0.25) is 18.9 Å². The number of rotatable bonds is 26. The van der Waals surface area contributed by atoms with Gasteiger partial charge in [0.25, 0.3) is 0 Å². The Labute approximate surface area is 692 Å². The molecule has 8 unspecified atom stereocenters. The number of aldehydes is 2. The van der Waals surface area contributed by atoms with Crippen molar-refractivity contribution in [1.29, 1.82) is 0 Å². The molecule has 2 N–H and O–H groups in total. The molecule has 8 rings (SSSR count). The molecule has 0 amide bonds. The summed E-state index contributed by atoms with van der Waals surface area (Å²) in [5.74, 6) is -6.49. The van der Waals surface area contributed by atoms with Gasteiger partial charge in [0.15, 0.2) is 18.3 Å². The van der Waals surface area contributed by atoms with E-state index in [0.717, 1.165) is 11.8 Å². The van der Waals surface area contributed by atoms with E-state index in [1.807, 2.05) is 12.1 Å². The van der Waals surface area contributed by atoms with E-state index in [-0.39, 0.29) is 44.7 Å². The van der Waals surface area contributed by atoms with Crippen LogP contribution < -0.4 is 14.2 Å². The van der Waals surface area contributed by atoms with Gasteiger partial charge in [-0.25, -0.2) is 0 Å². The van der Waals surface area contributed by atoms with Crippen LogP contribution in [0.1, 0.15) is 143 Å². The smallest absolute Gasteiger partial charge is 0.303 e. The summed E-state index contributed by atoms with van der Waals surface area (Å²) in [6.45, 7) is 21.5. The molecule has 4 heterocycles. The van der Waals surface area contributed by atoms with Gasteiger partial charge < -0.3 is 100 Å². The van der Waals surface area contributed by atoms with E-state index in [2.05, 4.69) is 31.9 Å². The maximum atomic E-state index is 11.6. The summed E-state index contributed by atoms with van der Waals surface area (Å²) < 4.78 is 104. The van der Waals surface area contributed by atoms with E-state index in [4.69, 9.17) is 100 Å². The Kier molecular flexibility index (Phi) is 42.2. The summed E-state index contributed by atoms with van der Waals surface area (Å²) in [5, 5.41) is 18.0. The van der Waals surface area contributed by atoms with Crippen molar-refractivity contribution in [1.82, 2.24) is 0 Å². The highest BCUT2D eigenvalue weighted by molar-refractivity contribution is 9.09. The quantitative estimate of drug-likeness (QED) is 0.0259. The summed E-state index contributed by atoms with van der Waals surface area (Å²) in [4.78, 5) is 157. The average Bonchev–Trinajstić information content (AvgIpc) is 0.793. The number of phenols is 1. The number of aliphatic hydroxyl groups is 1. The Hall–Kier alpha value is -10.2. The Balaban J connectivity index is 0.000000318. The number of halogens is 2. The van der Waals surface area contributed by atoms with Gasteiger partial charge in [-0.05, 0) is 83.9 Å². The van der Waals surface area contributed by atoms with Crippen molar-refractivity contribution >= 4 is 116 Å². The number of esters is 12. The van der Waals surface area contributed by atoms with Crippen molar-refractivity contribution in [2.75, 3.05) is 26.4 Å². The fraction of sp³-hybridized carbons (Fsp3) is 0.525. The minimum absolute atomic E-state index is 0.0491. The molecular formula is C80H100Br2O35. The number of hydrogen-bond donors (Lipinski definition) is 2. The van der Waals surface area contributed by atoms with Gasteiger partial charge in [0.05, 0.1) is 6.61 Å². The standard InChI is InChI=1S/C20H25BrO8.C20H26O9.C20H24O9.C13H19BrO7.C7H6O2/c3*1-11-18(26-13(3)23)17(10-25-12(2)22)29-20(19(11)27-14(4)24)28-16-7-5-15(9-21)6-8-16;1-6-11(19-8(3)16)10(5-18-7(2)15)21-13(14)12(6)20-9(4)17;8-5-6-1-3-7(9)4-2-6/h5-8,11,17-20H,9-10H2,1-4H3;5-8,11,17-21H,9-10H2,1-4H3;5-9,11,17-20H,10H2,1-4H3;6,10-13H,5H2,1-4H3;1-5,9H/t3*11-,17?,18+,19?,20+;6-,10?,11+,12?,13+;/m0000./s1. The van der Waals surface area contributed by atoms with E-state index in [9.17, 15) is 67.1 Å². The van der Waals surface area contributed by atoms with Gasteiger partial charge in [-0.3, -0.25) is 67.1 Å². The number of carbonyl (C=O) groups excluding carboxylic acids is 14. The van der Waals surface area contributed by atoms with Crippen LogP contribution in [0.5, 0.6) is 23.0 Å². The van der Waals surface area contributed by atoms with E-state index >= 15 is 0 Å². The largest absolute Gasteiger partial charge is 0.508 e.